The Kier molecular flexibility index (Phi) is 5.35. The highest BCUT2D eigenvalue weighted by Gasteiger charge is 2.28. The van der Waals surface area contributed by atoms with Crippen molar-refractivity contribution < 1.29 is 9.59 Å². The fourth-order valence-electron chi connectivity index (χ4n) is 3.53. The minimum absolute atomic E-state index is 0.115. The van der Waals surface area contributed by atoms with Gasteiger partial charge in [0.15, 0.2) is 0 Å². The van der Waals surface area contributed by atoms with E-state index < -0.39 is 0 Å². The predicted molar refractivity (Wildman–Crippen MR) is 94.0 cm³/mol. The molecule has 0 aromatic heterocycles. The molecule has 0 aliphatic carbocycles. The van der Waals surface area contributed by atoms with E-state index in [1.165, 1.54) is 23.4 Å². The van der Waals surface area contributed by atoms with Crippen molar-refractivity contribution in [3.63, 3.8) is 0 Å². The first-order valence-electron chi connectivity index (χ1n) is 8.73. The molecule has 24 heavy (non-hydrogen) atoms. The van der Waals surface area contributed by atoms with E-state index in [2.05, 4.69) is 46.4 Å². The zero-order valence-electron chi connectivity index (χ0n) is 14.3. The summed E-state index contributed by atoms with van der Waals surface area (Å²) in [5.41, 5.74) is 1.29. The first-order valence-corrected chi connectivity index (χ1v) is 8.73. The van der Waals surface area contributed by atoms with Gasteiger partial charge in [0.05, 0.1) is 6.54 Å². The maximum absolute atomic E-state index is 11.6. The summed E-state index contributed by atoms with van der Waals surface area (Å²) >= 11 is 0. The SMILES string of the molecule is CN(CCCN1C(=O)CNC1=O)[C@@H]1CCCN(c2ccccc2)C1. The molecule has 6 nitrogen and oxygen atoms in total. The van der Waals surface area contributed by atoms with Gasteiger partial charge in [-0.05, 0) is 45.0 Å². The molecule has 2 saturated heterocycles. The molecule has 2 fully saturated rings. The molecule has 2 aliphatic heterocycles. The standard InChI is InChI=1S/C18H26N4O2/c1-20(10-6-12-22-17(23)13-19-18(22)24)16-9-5-11-21(14-16)15-7-3-2-4-8-15/h2-4,7-8,16H,5-6,9-14H2,1H3,(H,19,24)/t16-/m1/s1. The molecular formula is C18H26N4O2. The van der Waals surface area contributed by atoms with Gasteiger partial charge in [0.1, 0.15) is 0 Å². The number of rotatable bonds is 6. The number of hydrogen-bond donors (Lipinski definition) is 1. The van der Waals surface area contributed by atoms with Crippen LogP contribution in [-0.2, 0) is 4.79 Å². The summed E-state index contributed by atoms with van der Waals surface area (Å²) in [6, 6.07) is 10.8. The zero-order chi connectivity index (χ0) is 16.9. The highest BCUT2D eigenvalue weighted by atomic mass is 16.2. The summed E-state index contributed by atoms with van der Waals surface area (Å²) < 4.78 is 0. The van der Waals surface area contributed by atoms with Crippen LogP contribution < -0.4 is 10.2 Å². The van der Waals surface area contributed by atoms with Crippen LogP contribution in [0.15, 0.2) is 30.3 Å². The molecule has 0 saturated carbocycles. The van der Waals surface area contributed by atoms with Crippen molar-refractivity contribution in [2.45, 2.75) is 25.3 Å². The number of likely N-dealkylation sites (N-methyl/N-ethyl adjacent to an activating group) is 1. The van der Waals surface area contributed by atoms with Crippen LogP contribution in [0.4, 0.5) is 10.5 Å². The molecule has 1 N–H and O–H groups in total. The quantitative estimate of drug-likeness (QED) is 0.804. The van der Waals surface area contributed by atoms with Crippen molar-refractivity contribution in [3.05, 3.63) is 30.3 Å². The molecule has 0 unspecified atom stereocenters. The van der Waals surface area contributed by atoms with Gasteiger partial charge in [-0.15, -0.1) is 0 Å². The highest BCUT2D eigenvalue weighted by molar-refractivity contribution is 6.01. The maximum Gasteiger partial charge on any atom is 0.324 e. The highest BCUT2D eigenvalue weighted by Crippen LogP contribution is 2.21. The lowest BCUT2D eigenvalue weighted by molar-refractivity contribution is -0.125. The molecule has 0 bridgehead atoms. The molecule has 2 aliphatic rings. The third-order valence-corrected chi connectivity index (χ3v) is 4.97. The number of urea groups is 1. The van der Waals surface area contributed by atoms with E-state index in [1.807, 2.05) is 6.07 Å². The van der Waals surface area contributed by atoms with Gasteiger partial charge in [0.25, 0.3) is 0 Å². The van der Waals surface area contributed by atoms with E-state index in [0.29, 0.717) is 12.6 Å². The minimum Gasteiger partial charge on any atom is -0.370 e. The number of hydrogen-bond acceptors (Lipinski definition) is 4. The Balaban J connectivity index is 1.47. The van der Waals surface area contributed by atoms with E-state index in [0.717, 1.165) is 26.1 Å². The third-order valence-electron chi connectivity index (χ3n) is 4.97. The molecule has 0 radical (unpaired) electrons. The Morgan fingerprint density at radius 2 is 2.04 bits per heavy atom. The molecule has 0 spiro atoms. The smallest absolute Gasteiger partial charge is 0.324 e. The van der Waals surface area contributed by atoms with Gasteiger partial charge >= 0.3 is 6.03 Å². The van der Waals surface area contributed by atoms with Gasteiger partial charge < -0.3 is 15.1 Å². The molecule has 130 valence electrons. The Hall–Kier alpha value is -2.08. The molecular weight excluding hydrogens is 304 g/mol. The lowest BCUT2D eigenvalue weighted by Gasteiger charge is -2.39. The van der Waals surface area contributed by atoms with Gasteiger partial charge in [-0.25, -0.2) is 4.79 Å². The fourth-order valence-corrected chi connectivity index (χ4v) is 3.53. The summed E-state index contributed by atoms with van der Waals surface area (Å²) in [5, 5.41) is 2.56. The average molecular weight is 330 g/mol. The van der Waals surface area contributed by atoms with Crippen molar-refractivity contribution in [3.8, 4) is 0 Å². The van der Waals surface area contributed by atoms with E-state index in [-0.39, 0.29) is 18.5 Å². The van der Waals surface area contributed by atoms with Crippen molar-refractivity contribution in [1.82, 2.24) is 15.1 Å². The molecule has 1 atom stereocenters. The van der Waals surface area contributed by atoms with Gasteiger partial charge in [-0.2, -0.15) is 0 Å². The number of imide groups is 1. The van der Waals surface area contributed by atoms with Crippen LogP contribution in [0.5, 0.6) is 0 Å². The van der Waals surface area contributed by atoms with E-state index in [1.54, 1.807) is 0 Å². The van der Waals surface area contributed by atoms with Crippen LogP contribution in [0.3, 0.4) is 0 Å². The Morgan fingerprint density at radius 3 is 2.75 bits per heavy atom. The molecule has 3 rings (SSSR count). The Labute approximate surface area is 143 Å². The molecule has 3 amide bonds. The van der Waals surface area contributed by atoms with Gasteiger partial charge in [-0.1, -0.05) is 18.2 Å². The molecule has 1 aromatic carbocycles. The number of amides is 3. The van der Waals surface area contributed by atoms with Crippen molar-refractivity contribution in [2.75, 3.05) is 44.7 Å². The van der Waals surface area contributed by atoms with Crippen molar-refractivity contribution in [1.29, 1.82) is 0 Å². The summed E-state index contributed by atoms with van der Waals surface area (Å²) in [7, 11) is 2.14. The third kappa shape index (κ3) is 3.87. The van der Waals surface area contributed by atoms with Crippen LogP contribution in [0.25, 0.3) is 0 Å². The van der Waals surface area contributed by atoms with Gasteiger partial charge in [0.2, 0.25) is 5.91 Å². The van der Waals surface area contributed by atoms with Crippen molar-refractivity contribution >= 4 is 17.6 Å². The summed E-state index contributed by atoms with van der Waals surface area (Å²) in [4.78, 5) is 29.3. The topological polar surface area (TPSA) is 55.9 Å². The summed E-state index contributed by atoms with van der Waals surface area (Å²) in [6.07, 6.45) is 3.21. The van der Waals surface area contributed by atoms with E-state index in [9.17, 15) is 9.59 Å². The number of benzene rings is 1. The van der Waals surface area contributed by atoms with Crippen molar-refractivity contribution in [2.24, 2.45) is 0 Å². The Bertz CT molecular complexity index is 562. The minimum atomic E-state index is -0.254. The average Bonchev–Trinajstić information content (AvgIpc) is 2.94. The number of piperidine rings is 1. The zero-order valence-corrected chi connectivity index (χ0v) is 14.3. The monoisotopic (exact) mass is 330 g/mol. The second-order valence-corrected chi connectivity index (χ2v) is 6.62. The first kappa shape index (κ1) is 16.8. The van der Waals surface area contributed by atoms with Gasteiger partial charge in [0, 0.05) is 31.4 Å². The number of nitrogens with one attached hydrogen (secondary N) is 1. The van der Waals surface area contributed by atoms with E-state index >= 15 is 0 Å². The van der Waals surface area contributed by atoms with Gasteiger partial charge in [-0.3, -0.25) is 9.69 Å². The largest absolute Gasteiger partial charge is 0.370 e. The number of nitrogens with zero attached hydrogens (tertiary/aromatic N) is 3. The number of para-hydroxylation sites is 1. The molecule has 6 heteroatoms. The molecule has 1 aromatic rings. The number of carbonyl (C=O) groups excluding carboxylic acids is 2. The van der Waals surface area contributed by atoms with Crippen LogP contribution in [0, 0.1) is 0 Å². The maximum atomic E-state index is 11.6. The normalized spacial score (nSPS) is 21.5. The number of anilines is 1. The van der Waals surface area contributed by atoms with Crippen LogP contribution >= 0.6 is 0 Å². The van der Waals surface area contributed by atoms with Crippen LogP contribution in [0.2, 0.25) is 0 Å². The number of carbonyl (C=O) groups is 2. The van der Waals surface area contributed by atoms with Crippen LogP contribution in [0.1, 0.15) is 19.3 Å². The second kappa shape index (κ2) is 7.66. The first-order chi connectivity index (χ1) is 11.6. The lowest BCUT2D eigenvalue weighted by Crippen LogP contribution is -2.47. The van der Waals surface area contributed by atoms with Crippen LogP contribution in [-0.4, -0.2) is 67.6 Å². The fraction of sp³-hybridized carbons (Fsp3) is 0.556. The second-order valence-electron chi connectivity index (χ2n) is 6.62. The van der Waals surface area contributed by atoms with E-state index in [4.69, 9.17) is 0 Å². The molecule has 2 heterocycles. The summed E-state index contributed by atoms with van der Waals surface area (Å²) in [5.74, 6) is -0.115. The summed E-state index contributed by atoms with van der Waals surface area (Å²) in [6.45, 7) is 3.68. The predicted octanol–water partition coefficient (Wildman–Crippen LogP) is 1.53. The lowest BCUT2D eigenvalue weighted by atomic mass is 10.0. The Morgan fingerprint density at radius 1 is 1.25 bits per heavy atom.